The molecule has 1 aromatic heterocycles. The zero-order valence-electron chi connectivity index (χ0n) is 12.4. The molecule has 0 saturated heterocycles. The molecule has 0 radical (unpaired) electrons. The Morgan fingerprint density at radius 1 is 1.48 bits per heavy atom. The molecule has 23 heavy (non-hydrogen) atoms. The number of carbonyl (C=O) groups excluding carboxylic acids is 1. The Balaban J connectivity index is 2.04. The van der Waals surface area contributed by atoms with Crippen LogP contribution in [0.15, 0.2) is 29.6 Å². The molecule has 1 N–H and O–H groups in total. The number of fused-ring (bicyclic) bond motifs is 1. The van der Waals surface area contributed by atoms with Crippen LogP contribution in [0.2, 0.25) is 0 Å². The van der Waals surface area contributed by atoms with E-state index in [1.54, 1.807) is 0 Å². The zero-order chi connectivity index (χ0) is 16.8. The monoisotopic (exact) mass is 327 g/mol. The third-order valence-corrected chi connectivity index (χ3v) is 4.49. The quantitative estimate of drug-likeness (QED) is 0.862. The highest BCUT2D eigenvalue weighted by Crippen LogP contribution is 2.49. The molecule has 3 atom stereocenters. The second kappa shape index (κ2) is 5.30. The van der Waals surface area contributed by atoms with E-state index in [2.05, 4.69) is 10.1 Å². The third-order valence-electron chi connectivity index (χ3n) is 4.49. The maximum absolute atomic E-state index is 13.6. The Morgan fingerprint density at radius 3 is 2.83 bits per heavy atom. The average molecular weight is 327 g/mol. The number of carbonyl (C=O) groups is 1. The van der Waals surface area contributed by atoms with Crippen molar-refractivity contribution in [2.45, 2.75) is 38.1 Å². The van der Waals surface area contributed by atoms with Crippen molar-refractivity contribution in [3.63, 3.8) is 0 Å². The van der Waals surface area contributed by atoms with Gasteiger partial charge in [-0.25, -0.2) is 0 Å². The van der Waals surface area contributed by atoms with Gasteiger partial charge in [0.2, 0.25) is 0 Å². The Bertz CT molecular complexity index is 647. The van der Waals surface area contributed by atoms with Crippen molar-refractivity contribution in [1.82, 2.24) is 9.99 Å². The second-order valence-corrected chi connectivity index (χ2v) is 6.11. The summed E-state index contributed by atoms with van der Waals surface area (Å²) in [5.74, 6) is -2.19. The van der Waals surface area contributed by atoms with Crippen molar-refractivity contribution in [2.24, 2.45) is 16.9 Å². The summed E-state index contributed by atoms with van der Waals surface area (Å²) in [7, 11) is 0. The van der Waals surface area contributed by atoms with Gasteiger partial charge >= 0.3 is 6.18 Å². The number of amides is 1. The van der Waals surface area contributed by atoms with E-state index in [1.165, 1.54) is 18.3 Å². The fourth-order valence-corrected chi connectivity index (χ4v) is 3.22. The number of pyridine rings is 1. The van der Waals surface area contributed by atoms with Gasteiger partial charge in [-0.2, -0.15) is 23.3 Å². The van der Waals surface area contributed by atoms with Crippen LogP contribution in [0.25, 0.3) is 0 Å². The number of aliphatic hydroxyl groups is 1. The van der Waals surface area contributed by atoms with Gasteiger partial charge in [0, 0.05) is 18.1 Å². The molecule has 1 amide bonds. The van der Waals surface area contributed by atoms with E-state index in [9.17, 15) is 23.1 Å². The van der Waals surface area contributed by atoms with Crippen LogP contribution in [-0.4, -0.2) is 38.6 Å². The maximum Gasteiger partial charge on any atom is 0.439 e. The van der Waals surface area contributed by atoms with Gasteiger partial charge in [-0.1, -0.05) is 6.92 Å². The first-order valence-electron chi connectivity index (χ1n) is 7.36. The first-order valence-corrected chi connectivity index (χ1v) is 7.36. The SMILES string of the molecule is CC1CCC2=NN(C(=O)c3cccnc3)C(O)(C(F)(F)F)C2C1. The summed E-state index contributed by atoms with van der Waals surface area (Å²) in [6.45, 7) is 1.83. The maximum atomic E-state index is 13.6. The molecule has 124 valence electrons. The van der Waals surface area contributed by atoms with Crippen LogP contribution in [0, 0.1) is 11.8 Å². The average Bonchev–Trinajstić information content (AvgIpc) is 2.81. The standard InChI is InChI=1S/C15H16F3N3O2/c1-9-4-5-12-11(7-9)14(23,15(16,17)18)21(20-12)13(22)10-3-2-6-19-8-10/h2-3,6,8-9,11,23H,4-5,7H2,1H3. The molecule has 1 aliphatic carbocycles. The van der Waals surface area contributed by atoms with Gasteiger partial charge in [0.05, 0.1) is 11.5 Å². The Labute approximate surface area is 130 Å². The van der Waals surface area contributed by atoms with Crippen molar-refractivity contribution >= 4 is 11.6 Å². The van der Waals surface area contributed by atoms with Gasteiger partial charge < -0.3 is 5.11 Å². The summed E-state index contributed by atoms with van der Waals surface area (Å²) in [6, 6.07) is 2.79. The van der Waals surface area contributed by atoms with Crippen molar-refractivity contribution in [2.75, 3.05) is 0 Å². The highest BCUT2D eigenvalue weighted by molar-refractivity contribution is 5.99. The first-order chi connectivity index (χ1) is 10.7. The van der Waals surface area contributed by atoms with Crippen molar-refractivity contribution in [3.05, 3.63) is 30.1 Å². The summed E-state index contributed by atoms with van der Waals surface area (Å²) in [4.78, 5) is 16.2. The number of hydrogen-bond donors (Lipinski definition) is 1. The highest BCUT2D eigenvalue weighted by atomic mass is 19.4. The van der Waals surface area contributed by atoms with E-state index in [0.29, 0.717) is 12.8 Å². The Kier molecular flexibility index (Phi) is 3.66. The minimum Gasteiger partial charge on any atom is -0.362 e. The predicted octanol–water partition coefficient (Wildman–Crippen LogP) is 2.58. The molecule has 0 bridgehead atoms. The normalized spacial score (nSPS) is 30.8. The Morgan fingerprint density at radius 2 is 2.22 bits per heavy atom. The topological polar surface area (TPSA) is 65.8 Å². The molecule has 3 unspecified atom stereocenters. The molecule has 5 nitrogen and oxygen atoms in total. The smallest absolute Gasteiger partial charge is 0.362 e. The van der Waals surface area contributed by atoms with E-state index in [1.807, 2.05) is 6.92 Å². The molecule has 1 aliphatic heterocycles. The van der Waals surface area contributed by atoms with E-state index in [0.717, 1.165) is 6.20 Å². The largest absolute Gasteiger partial charge is 0.439 e. The van der Waals surface area contributed by atoms with Gasteiger partial charge in [0.25, 0.3) is 11.6 Å². The molecule has 8 heteroatoms. The lowest BCUT2D eigenvalue weighted by Crippen LogP contribution is -2.61. The fourth-order valence-electron chi connectivity index (χ4n) is 3.22. The van der Waals surface area contributed by atoms with E-state index < -0.39 is 23.7 Å². The van der Waals surface area contributed by atoms with Crippen LogP contribution in [0.1, 0.15) is 36.5 Å². The number of alkyl halides is 3. The lowest BCUT2D eigenvalue weighted by Gasteiger charge is -2.39. The van der Waals surface area contributed by atoms with Gasteiger partial charge in [-0.3, -0.25) is 9.78 Å². The van der Waals surface area contributed by atoms with Gasteiger partial charge in [0.15, 0.2) is 0 Å². The van der Waals surface area contributed by atoms with Crippen LogP contribution >= 0.6 is 0 Å². The van der Waals surface area contributed by atoms with Crippen molar-refractivity contribution in [1.29, 1.82) is 0 Å². The molecule has 0 aromatic carbocycles. The lowest BCUT2D eigenvalue weighted by molar-refractivity contribution is -0.313. The van der Waals surface area contributed by atoms with E-state index >= 15 is 0 Å². The molecular formula is C15H16F3N3O2. The van der Waals surface area contributed by atoms with Gasteiger partial charge in [-0.05, 0) is 37.3 Å². The highest BCUT2D eigenvalue weighted by Gasteiger charge is 2.68. The number of hydrazone groups is 1. The molecule has 1 aromatic rings. The summed E-state index contributed by atoms with van der Waals surface area (Å²) in [6.07, 6.45) is -1.25. The fraction of sp³-hybridized carbons (Fsp3) is 0.533. The molecule has 2 aliphatic rings. The first kappa shape index (κ1) is 15.9. The molecule has 1 fully saturated rings. The number of nitrogens with zero attached hydrogens (tertiary/aromatic N) is 3. The molecule has 1 saturated carbocycles. The second-order valence-electron chi connectivity index (χ2n) is 6.11. The van der Waals surface area contributed by atoms with Crippen LogP contribution in [-0.2, 0) is 0 Å². The number of halogens is 3. The third kappa shape index (κ3) is 2.41. The minimum atomic E-state index is -5.00. The lowest BCUT2D eigenvalue weighted by atomic mass is 9.76. The Hall–Kier alpha value is -1.96. The summed E-state index contributed by atoms with van der Waals surface area (Å²) in [5.41, 5.74) is -3.12. The number of aromatic nitrogens is 1. The van der Waals surface area contributed by atoms with Crippen LogP contribution in [0.5, 0.6) is 0 Å². The zero-order valence-corrected chi connectivity index (χ0v) is 12.4. The minimum absolute atomic E-state index is 0.0290. The van der Waals surface area contributed by atoms with Crippen molar-refractivity contribution < 1.29 is 23.1 Å². The molecule has 3 rings (SSSR count). The molecule has 2 heterocycles. The molecule has 0 spiro atoms. The molecular weight excluding hydrogens is 311 g/mol. The van der Waals surface area contributed by atoms with Crippen LogP contribution in [0.4, 0.5) is 13.2 Å². The van der Waals surface area contributed by atoms with E-state index in [4.69, 9.17) is 0 Å². The number of rotatable bonds is 1. The summed E-state index contributed by atoms with van der Waals surface area (Å²) < 4.78 is 40.9. The van der Waals surface area contributed by atoms with E-state index in [-0.39, 0.29) is 28.6 Å². The number of hydrogen-bond acceptors (Lipinski definition) is 4. The van der Waals surface area contributed by atoms with Gasteiger partial charge in [-0.15, -0.1) is 0 Å². The summed E-state index contributed by atoms with van der Waals surface area (Å²) >= 11 is 0. The summed E-state index contributed by atoms with van der Waals surface area (Å²) in [5, 5.41) is 14.5. The van der Waals surface area contributed by atoms with Crippen molar-refractivity contribution in [3.8, 4) is 0 Å². The van der Waals surface area contributed by atoms with Crippen LogP contribution in [0.3, 0.4) is 0 Å². The van der Waals surface area contributed by atoms with Gasteiger partial charge in [0.1, 0.15) is 0 Å². The predicted molar refractivity (Wildman–Crippen MR) is 75.4 cm³/mol. The van der Waals surface area contributed by atoms with Crippen LogP contribution < -0.4 is 0 Å².